The van der Waals surface area contributed by atoms with Gasteiger partial charge in [0.05, 0.1) is 13.2 Å². The first-order valence-corrected chi connectivity index (χ1v) is 10.1. The highest BCUT2D eigenvalue weighted by atomic mass is 127. The minimum atomic E-state index is 0. The summed E-state index contributed by atoms with van der Waals surface area (Å²) in [4.78, 5) is 6.80. The second kappa shape index (κ2) is 18.7. The van der Waals surface area contributed by atoms with E-state index in [-0.39, 0.29) is 24.0 Å². The van der Waals surface area contributed by atoms with Crippen molar-refractivity contribution in [2.24, 2.45) is 4.99 Å². The maximum atomic E-state index is 5.37. The highest BCUT2D eigenvalue weighted by Gasteiger charge is 2.08. The number of guanidine groups is 1. The standard InChI is InChI=1S/C19H40N4O.HI/c1-3-4-5-6-7-8-9-12-21-19(20-2)22-13-10-11-14-23-15-17-24-18-16-23;/h3-18H2,1-2H3,(H2,20,21,22);1H. The molecule has 0 atom stereocenters. The Labute approximate surface area is 172 Å². The van der Waals surface area contributed by atoms with Crippen LogP contribution in [-0.4, -0.2) is 63.8 Å². The highest BCUT2D eigenvalue weighted by molar-refractivity contribution is 14.0. The molecule has 0 bridgehead atoms. The Hall–Kier alpha value is -0.0800. The quantitative estimate of drug-likeness (QED) is 0.188. The molecule has 25 heavy (non-hydrogen) atoms. The van der Waals surface area contributed by atoms with E-state index in [1.54, 1.807) is 0 Å². The summed E-state index contributed by atoms with van der Waals surface area (Å²) in [5, 5.41) is 6.85. The van der Waals surface area contributed by atoms with Crippen molar-refractivity contribution in [3.05, 3.63) is 0 Å². The van der Waals surface area contributed by atoms with E-state index in [1.807, 2.05) is 7.05 Å². The molecule has 6 heteroatoms. The SMILES string of the molecule is CCCCCCCCCNC(=NC)NCCCCN1CCOCC1.I. The van der Waals surface area contributed by atoms with Crippen molar-refractivity contribution in [3.8, 4) is 0 Å². The van der Waals surface area contributed by atoms with Crippen LogP contribution in [0.3, 0.4) is 0 Å². The number of nitrogens with zero attached hydrogens (tertiary/aromatic N) is 2. The molecule has 0 radical (unpaired) electrons. The molecule has 0 saturated carbocycles. The van der Waals surface area contributed by atoms with E-state index in [0.717, 1.165) is 45.4 Å². The van der Waals surface area contributed by atoms with Crippen LogP contribution in [0, 0.1) is 0 Å². The van der Waals surface area contributed by atoms with Gasteiger partial charge in [-0.2, -0.15) is 0 Å². The zero-order chi connectivity index (χ0) is 17.3. The van der Waals surface area contributed by atoms with E-state index >= 15 is 0 Å². The van der Waals surface area contributed by atoms with E-state index in [4.69, 9.17) is 4.74 Å². The summed E-state index contributed by atoms with van der Waals surface area (Å²) < 4.78 is 5.37. The second-order valence-electron chi connectivity index (χ2n) is 6.71. The van der Waals surface area contributed by atoms with Crippen molar-refractivity contribution in [2.75, 3.05) is 53.0 Å². The summed E-state index contributed by atoms with van der Waals surface area (Å²) in [6, 6.07) is 0. The molecule has 1 saturated heterocycles. The van der Waals surface area contributed by atoms with Gasteiger partial charge in [0, 0.05) is 33.2 Å². The number of nitrogens with one attached hydrogen (secondary N) is 2. The van der Waals surface area contributed by atoms with Gasteiger partial charge in [0.25, 0.3) is 0 Å². The molecule has 0 unspecified atom stereocenters. The number of hydrogen-bond acceptors (Lipinski definition) is 3. The summed E-state index contributed by atoms with van der Waals surface area (Å²) in [5.41, 5.74) is 0. The van der Waals surface area contributed by atoms with Crippen LogP contribution in [0.15, 0.2) is 4.99 Å². The van der Waals surface area contributed by atoms with Crippen molar-refractivity contribution in [2.45, 2.75) is 64.7 Å². The average Bonchev–Trinajstić information content (AvgIpc) is 2.62. The summed E-state index contributed by atoms with van der Waals surface area (Å²) in [6.07, 6.45) is 11.9. The van der Waals surface area contributed by atoms with Crippen LogP contribution in [-0.2, 0) is 4.74 Å². The first kappa shape index (κ1) is 24.9. The Morgan fingerprint density at radius 2 is 1.44 bits per heavy atom. The average molecular weight is 468 g/mol. The first-order chi connectivity index (χ1) is 11.9. The predicted octanol–water partition coefficient (Wildman–Crippen LogP) is 3.63. The molecule has 0 spiro atoms. The number of aliphatic imine (C=N–C) groups is 1. The molecule has 150 valence electrons. The molecule has 0 aromatic carbocycles. The molecule has 5 nitrogen and oxygen atoms in total. The van der Waals surface area contributed by atoms with Crippen molar-refractivity contribution >= 4 is 29.9 Å². The number of rotatable bonds is 13. The Balaban J connectivity index is 0.00000576. The Bertz CT molecular complexity index is 310. The van der Waals surface area contributed by atoms with Crippen LogP contribution < -0.4 is 10.6 Å². The van der Waals surface area contributed by atoms with E-state index in [9.17, 15) is 0 Å². The normalized spacial score (nSPS) is 15.7. The topological polar surface area (TPSA) is 48.9 Å². The summed E-state index contributed by atoms with van der Waals surface area (Å²) in [5.74, 6) is 0.951. The lowest BCUT2D eigenvalue weighted by Crippen LogP contribution is -2.39. The Morgan fingerprint density at radius 1 is 0.880 bits per heavy atom. The van der Waals surface area contributed by atoms with E-state index in [0.29, 0.717) is 0 Å². The van der Waals surface area contributed by atoms with Gasteiger partial charge >= 0.3 is 0 Å². The predicted molar refractivity (Wildman–Crippen MR) is 119 cm³/mol. The molecule has 1 rings (SSSR count). The van der Waals surface area contributed by atoms with Gasteiger partial charge in [-0.3, -0.25) is 9.89 Å². The fourth-order valence-corrected chi connectivity index (χ4v) is 3.00. The van der Waals surface area contributed by atoms with E-state index in [2.05, 4.69) is 27.4 Å². The van der Waals surface area contributed by atoms with Crippen LogP contribution in [0.2, 0.25) is 0 Å². The van der Waals surface area contributed by atoms with Gasteiger partial charge in [-0.1, -0.05) is 45.4 Å². The van der Waals surface area contributed by atoms with Crippen LogP contribution in [0.4, 0.5) is 0 Å². The first-order valence-electron chi connectivity index (χ1n) is 10.1. The fourth-order valence-electron chi connectivity index (χ4n) is 3.00. The monoisotopic (exact) mass is 468 g/mol. The zero-order valence-electron chi connectivity index (χ0n) is 16.5. The van der Waals surface area contributed by atoms with Crippen molar-refractivity contribution < 1.29 is 4.74 Å². The van der Waals surface area contributed by atoms with E-state index < -0.39 is 0 Å². The minimum Gasteiger partial charge on any atom is -0.379 e. The zero-order valence-corrected chi connectivity index (χ0v) is 18.9. The van der Waals surface area contributed by atoms with Crippen LogP contribution in [0.5, 0.6) is 0 Å². The van der Waals surface area contributed by atoms with Crippen molar-refractivity contribution in [1.29, 1.82) is 0 Å². The highest BCUT2D eigenvalue weighted by Crippen LogP contribution is 2.06. The van der Waals surface area contributed by atoms with Crippen molar-refractivity contribution in [3.63, 3.8) is 0 Å². The Kier molecular flexibility index (Phi) is 18.6. The lowest BCUT2D eigenvalue weighted by atomic mass is 10.1. The van der Waals surface area contributed by atoms with Crippen LogP contribution in [0.25, 0.3) is 0 Å². The van der Waals surface area contributed by atoms with Crippen LogP contribution in [0.1, 0.15) is 64.7 Å². The number of halogens is 1. The lowest BCUT2D eigenvalue weighted by Gasteiger charge is -2.26. The molecule has 2 N–H and O–H groups in total. The number of hydrogen-bond donors (Lipinski definition) is 2. The minimum absolute atomic E-state index is 0. The summed E-state index contributed by atoms with van der Waals surface area (Å²) in [7, 11) is 1.85. The fraction of sp³-hybridized carbons (Fsp3) is 0.947. The second-order valence-corrected chi connectivity index (χ2v) is 6.71. The molecular weight excluding hydrogens is 427 g/mol. The molecule has 0 aromatic rings. The molecule has 1 aliphatic rings. The van der Waals surface area contributed by atoms with Gasteiger partial charge in [0.15, 0.2) is 5.96 Å². The maximum Gasteiger partial charge on any atom is 0.190 e. The molecule has 0 aromatic heterocycles. The molecule has 0 amide bonds. The Morgan fingerprint density at radius 3 is 2.04 bits per heavy atom. The van der Waals surface area contributed by atoms with Gasteiger partial charge in [-0.15, -0.1) is 24.0 Å². The molecular formula is C19H41IN4O. The lowest BCUT2D eigenvalue weighted by molar-refractivity contribution is 0.0372. The largest absolute Gasteiger partial charge is 0.379 e. The molecule has 1 fully saturated rings. The van der Waals surface area contributed by atoms with Gasteiger partial charge in [0.2, 0.25) is 0 Å². The number of unbranched alkanes of at least 4 members (excludes halogenated alkanes) is 7. The van der Waals surface area contributed by atoms with Gasteiger partial charge < -0.3 is 15.4 Å². The third kappa shape index (κ3) is 14.7. The molecule has 0 aliphatic carbocycles. The van der Waals surface area contributed by atoms with Crippen molar-refractivity contribution in [1.82, 2.24) is 15.5 Å². The van der Waals surface area contributed by atoms with Gasteiger partial charge in [0.1, 0.15) is 0 Å². The summed E-state index contributed by atoms with van der Waals surface area (Å²) >= 11 is 0. The third-order valence-electron chi connectivity index (χ3n) is 4.59. The van der Waals surface area contributed by atoms with Gasteiger partial charge in [-0.05, 0) is 25.8 Å². The van der Waals surface area contributed by atoms with Gasteiger partial charge in [-0.25, -0.2) is 0 Å². The molecule has 1 heterocycles. The summed E-state index contributed by atoms with van der Waals surface area (Å²) in [6.45, 7) is 9.47. The smallest absolute Gasteiger partial charge is 0.190 e. The third-order valence-corrected chi connectivity index (χ3v) is 4.59. The van der Waals surface area contributed by atoms with E-state index in [1.165, 1.54) is 64.3 Å². The molecule has 1 aliphatic heterocycles. The number of morpholine rings is 1. The maximum absolute atomic E-state index is 5.37. The number of ether oxygens (including phenoxy) is 1. The van der Waals surface area contributed by atoms with Crippen LogP contribution >= 0.6 is 24.0 Å².